The van der Waals surface area contributed by atoms with Gasteiger partial charge in [0.2, 0.25) is 0 Å². The number of rotatable bonds is 5. The quantitative estimate of drug-likeness (QED) is 0.701. The molecule has 1 N–H and O–H groups in total. The van der Waals surface area contributed by atoms with Crippen LogP contribution in [0.15, 0.2) is 42.6 Å². The molecule has 0 bridgehead atoms. The Bertz CT molecular complexity index is 1060. The summed E-state index contributed by atoms with van der Waals surface area (Å²) in [5.41, 5.74) is 1.95. The van der Waals surface area contributed by atoms with Crippen LogP contribution in [0.2, 0.25) is 0 Å². The van der Waals surface area contributed by atoms with Gasteiger partial charge in [-0.3, -0.25) is 4.79 Å². The Balaban J connectivity index is 1.40. The lowest BCUT2D eigenvalue weighted by atomic mass is 10.0. The van der Waals surface area contributed by atoms with Gasteiger partial charge in [-0.05, 0) is 55.5 Å². The molecule has 30 heavy (non-hydrogen) atoms. The molecule has 2 fully saturated rings. The zero-order valence-corrected chi connectivity index (χ0v) is 16.6. The van der Waals surface area contributed by atoms with Crippen molar-refractivity contribution in [2.75, 3.05) is 24.6 Å². The average Bonchev–Trinajstić information content (AvgIpc) is 3.52. The van der Waals surface area contributed by atoms with Crippen molar-refractivity contribution in [3.05, 3.63) is 59.7 Å². The Morgan fingerprint density at radius 1 is 1.23 bits per heavy atom. The van der Waals surface area contributed by atoms with Crippen molar-refractivity contribution in [2.24, 2.45) is 0 Å². The molecule has 4 heterocycles. The van der Waals surface area contributed by atoms with Crippen LogP contribution in [0.5, 0.6) is 0 Å². The normalized spacial score (nSPS) is 21.4. The fraction of sp³-hybridized carbons (Fsp3) is 0.409. The number of halogens is 1. The molecular formula is C22H24FN5O2. The van der Waals surface area contributed by atoms with Crippen LogP contribution in [-0.4, -0.2) is 46.3 Å². The van der Waals surface area contributed by atoms with Gasteiger partial charge < -0.3 is 15.0 Å². The second-order valence-corrected chi connectivity index (χ2v) is 7.86. The summed E-state index contributed by atoms with van der Waals surface area (Å²) in [4.78, 5) is 19.2. The molecule has 0 spiro atoms. The Labute approximate surface area is 173 Å². The minimum absolute atomic E-state index is 0.0611. The van der Waals surface area contributed by atoms with Crippen LogP contribution in [0.4, 0.5) is 10.2 Å². The topological polar surface area (TPSA) is 71.8 Å². The molecule has 1 unspecified atom stereocenters. The smallest absolute Gasteiger partial charge is 0.271 e. The standard InChI is InChI=1S/C22H24FN5O2/c23-16-5-1-4-15(12-16)18-7-2-10-27(18)21-9-8-20-24-14-19(28(20)26-21)22(29)25-13-17-6-3-11-30-17/h1,4-5,8-9,12,14,17-18H,2-3,6-7,10-11,13H2,(H,25,29)/t17-,18?/m1/s1. The Kier molecular flexibility index (Phi) is 5.08. The van der Waals surface area contributed by atoms with Gasteiger partial charge in [-0.1, -0.05) is 12.1 Å². The van der Waals surface area contributed by atoms with Crippen LogP contribution in [0.3, 0.4) is 0 Å². The summed E-state index contributed by atoms with van der Waals surface area (Å²) < 4.78 is 20.9. The van der Waals surface area contributed by atoms with E-state index in [1.54, 1.807) is 22.8 Å². The second kappa shape index (κ2) is 8.02. The van der Waals surface area contributed by atoms with Gasteiger partial charge in [0.05, 0.1) is 18.3 Å². The van der Waals surface area contributed by atoms with Gasteiger partial charge >= 0.3 is 0 Å². The SMILES string of the molecule is O=C(NC[C@H]1CCCO1)c1cnc2ccc(N3CCCC3c3cccc(F)c3)nn12. The maximum atomic E-state index is 13.7. The Hall–Kier alpha value is -3.00. The van der Waals surface area contributed by atoms with Crippen LogP contribution in [0, 0.1) is 5.82 Å². The zero-order valence-electron chi connectivity index (χ0n) is 16.6. The zero-order chi connectivity index (χ0) is 20.5. The number of nitrogens with zero attached hydrogens (tertiary/aromatic N) is 4. The lowest BCUT2D eigenvalue weighted by Crippen LogP contribution is -2.32. The second-order valence-electron chi connectivity index (χ2n) is 7.86. The number of anilines is 1. The number of ether oxygens (including phenoxy) is 1. The van der Waals surface area contributed by atoms with Crippen LogP contribution >= 0.6 is 0 Å². The van der Waals surface area contributed by atoms with Crippen molar-refractivity contribution in [3.8, 4) is 0 Å². The van der Waals surface area contributed by atoms with Gasteiger partial charge in [0.15, 0.2) is 11.3 Å². The number of aromatic nitrogens is 3. The van der Waals surface area contributed by atoms with E-state index in [0.717, 1.165) is 50.2 Å². The van der Waals surface area contributed by atoms with Gasteiger partial charge in [-0.15, -0.1) is 5.10 Å². The first-order valence-electron chi connectivity index (χ1n) is 10.5. The van der Waals surface area contributed by atoms with Crippen LogP contribution in [0.25, 0.3) is 5.65 Å². The molecule has 7 nitrogen and oxygen atoms in total. The minimum Gasteiger partial charge on any atom is -0.376 e. The molecule has 0 saturated carbocycles. The number of hydrogen-bond donors (Lipinski definition) is 1. The molecule has 5 rings (SSSR count). The van der Waals surface area contributed by atoms with E-state index in [1.165, 1.54) is 6.07 Å². The Morgan fingerprint density at radius 2 is 2.17 bits per heavy atom. The van der Waals surface area contributed by atoms with Gasteiger partial charge in [-0.25, -0.2) is 13.9 Å². The fourth-order valence-corrected chi connectivity index (χ4v) is 4.38. The molecule has 8 heteroatoms. The van der Waals surface area contributed by atoms with Crippen molar-refractivity contribution >= 4 is 17.4 Å². The third-order valence-electron chi connectivity index (χ3n) is 5.88. The number of imidazole rings is 1. The molecule has 0 radical (unpaired) electrons. The lowest BCUT2D eigenvalue weighted by Gasteiger charge is -2.26. The molecular weight excluding hydrogens is 385 g/mol. The molecule has 1 aromatic carbocycles. The van der Waals surface area contributed by atoms with E-state index in [0.29, 0.717) is 17.9 Å². The molecule has 0 aliphatic carbocycles. The molecule has 156 valence electrons. The van der Waals surface area contributed by atoms with Crippen molar-refractivity contribution in [1.29, 1.82) is 0 Å². The van der Waals surface area contributed by atoms with E-state index in [1.807, 2.05) is 18.2 Å². The third-order valence-corrected chi connectivity index (χ3v) is 5.88. The highest BCUT2D eigenvalue weighted by Crippen LogP contribution is 2.35. The van der Waals surface area contributed by atoms with E-state index < -0.39 is 0 Å². The van der Waals surface area contributed by atoms with Crippen molar-refractivity contribution in [2.45, 2.75) is 37.8 Å². The number of nitrogens with one attached hydrogen (secondary N) is 1. The van der Waals surface area contributed by atoms with Gasteiger partial charge in [0.25, 0.3) is 5.91 Å². The minimum atomic E-state index is -0.234. The van der Waals surface area contributed by atoms with E-state index in [4.69, 9.17) is 9.84 Å². The Morgan fingerprint density at radius 3 is 3.00 bits per heavy atom. The predicted molar refractivity (Wildman–Crippen MR) is 110 cm³/mol. The molecule has 2 aliphatic heterocycles. The number of carbonyl (C=O) groups excluding carboxylic acids is 1. The monoisotopic (exact) mass is 409 g/mol. The predicted octanol–water partition coefficient (Wildman–Crippen LogP) is 3.12. The van der Waals surface area contributed by atoms with Crippen molar-refractivity contribution < 1.29 is 13.9 Å². The number of fused-ring (bicyclic) bond motifs is 1. The average molecular weight is 409 g/mol. The maximum absolute atomic E-state index is 13.7. The van der Waals surface area contributed by atoms with E-state index >= 15 is 0 Å². The molecule has 2 aromatic heterocycles. The first-order chi connectivity index (χ1) is 14.7. The lowest BCUT2D eigenvalue weighted by molar-refractivity contribution is 0.0852. The molecule has 2 saturated heterocycles. The van der Waals surface area contributed by atoms with Gasteiger partial charge in [-0.2, -0.15) is 0 Å². The van der Waals surface area contributed by atoms with E-state index in [9.17, 15) is 9.18 Å². The highest BCUT2D eigenvalue weighted by molar-refractivity contribution is 5.93. The molecule has 2 atom stereocenters. The highest BCUT2D eigenvalue weighted by Gasteiger charge is 2.28. The van der Waals surface area contributed by atoms with Gasteiger partial charge in [0.1, 0.15) is 11.6 Å². The maximum Gasteiger partial charge on any atom is 0.271 e. The summed E-state index contributed by atoms with van der Waals surface area (Å²) in [6.45, 7) is 2.07. The van der Waals surface area contributed by atoms with Crippen LogP contribution in [-0.2, 0) is 4.74 Å². The van der Waals surface area contributed by atoms with E-state index in [2.05, 4.69) is 15.2 Å². The van der Waals surface area contributed by atoms with Gasteiger partial charge in [0, 0.05) is 19.7 Å². The molecule has 2 aliphatic rings. The fourth-order valence-electron chi connectivity index (χ4n) is 4.38. The summed E-state index contributed by atoms with van der Waals surface area (Å²) in [6, 6.07) is 10.6. The first kappa shape index (κ1) is 19.0. The first-order valence-corrected chi connectivity index (χ1v) is 10.5. The molecule has 3 aromatic rings. The number of benzene rings is 1. The van der Waals surface area contributed by atoms with Crippen molar-refractivity contribution in [1.82, 2.24) is 19.9 Å². The summed E-state index contributed by atoms with van der Waals surface area (Å²) in [7, 11) is 0. The van der Waals surface area contributed by atoms with E-state index in [-0.39, 0.29) is 23.9 Å². The highest BCUT2D eigenvalue weighted by atomic mass is 19.1. The van der Waals surface area contributed by atoms with Crippen LogP contribution < -0.4 is 10.2 Å². The third kappa shape index (κ3) is 3.63. The summed E-state index contributed by atoms with van der Waals surface area (Å²) in [5.74, 6) is 0.300. The number of carbonyl (C=O) groups is 1. The van der Waals surface area contributed by atoms with Crippen molar-refractivity contribution in [3.63, 3.8) is 0 Å². The van der Waals surface area contributed by atoms with Crippen LogP contribution in [0.1, 0.15) is 47.8 Å². The molecule has 1 amide bonds. The summed E-state index contributed by atoms with van der Waals surface area (Å²) in [6.07, 6.45) is 5.55. The largest absolute Gasteiger partial charge is 0.376 e. The number of amides is 1. The summed E-state index contributed by atoms with van der Waals surface area (Å²) >= 11 is 0. The summed E-state index contributed by atoms with van der Waals surface area (Å²) in [5, 5.41) is 7.64. The number of hydrogen-bond acceptors (Lipinski definition) is 5.